The molecule has 5 nitrogen and oxygen atoms in total. The van der Waals surface area contributed by atoms with Gasteiger partial charge in [-0.3, -0.25) is 4.79 Å². The van der Waals surface area contributed by atoms with Gasteiger partial charge in [0.1, 0.15) is 0 Å². The van der Waals surface area contributed by atoms with E-state index >= 15 is 0 Å². The van der Waals surface area contributed by atoms with Gasteiger partial charge >= 0.3 is 0 Å². The third kappa shape index (κ3) is 2.19. The third-order valence-electron chi connectivity index (χ3n) is 5.85. The number of piperidine rings is 1. The van der Waals surface area contributed by atoms with E-state index in [9.17, 15) is 4.79 Å². The lowest BCUT2D eigenvalue weighted by Gasteiger charge is -2.29. The summed E-state index contributed by atoms with van der Waals surface area (Å²) in [5, 5.41) is 8.99. The average Bonchev–Trinajstić information content (AvgIpc) is 2.92. The summed E-state index contributed by atoms with van der Waals surface area (Å²) < 4.78 is 2.10. The van der Waals surface area contributed by atoms with Crippen LogP contribution >= 0.6 is 0 Å². The van der Waals surface area contributed by atoms with Crippen molar-refractivity contribution in [1.29, 1.82) is 0 Å². The molecule has 3 atom stereocenters. The van der Waals surface area contributed by atoms with Gasteiger partial charge in [-0.05, 0) is 50.2 Å². The van der Waals surface area contributed by atoms with Crippen molar-refractivity contribution in [3.8, 4) is 0 Å². The van der Waals surface area contributed by atoms with Gasteiger partial charge in [0.25, 0.3) is 0 Å². The molecule has 0 radical (unpaired) electrons. The maximum atomic E-state index is 12.9. The Bertz CT molecular complexity index is 980. The predicted octanol–water partition coefficient (Wildman–Crippen LogP) is 2.30. The van der Waals surface area contributed by atoms with Gasteiger partial charge in [0, 0.05) is 11.3 Å². The van der Waals surface area contributed by atoms with Gasteiger partial charge in [0.15, 0.2) is 0 Å². The van der Waals surface area contributed by atoms with Crippen molar-refractivity contribution in [3.05, 3.63) is 48.5 Å². The molecule has 1 saturated heterocycles. The zero-order valence-corrected chi connectivity index (χ0v) is 14.5. The lowest BCUT2D eigenvalue weighted by molar-refractivity contribution is -0.124. The second kappa shape index (κ2) is 5.05. The van der Waals surface area contributed by atoms with E-state index in [0.717, 1.165) is 29.7 Å². The number of carbonyl (C=O) groups is 1. The first-order chi connectivity index (χ1) is 12.1. The van der Waals surface area contributed by atoms with Crippen LogP contribution in [0.1, 0.15) is 19.5 Å². The highest BCUT2D eigenvalue weighted by Gasteiger charge is 2.57. The summed E-state index contributed by atoms with van der Waals surface area (Å²) in [4.78, 5) is 17.2. The normalized spacial score (nSPS) is 25.3. The molecule has 1 aliphatic carbocycles. The van der Waals surface area contributed by atoms with E-state index in [2.05, 4.69) is 52.1 Å². The SMILES string of the molecule is CC(C)(NC(=O)[C@H]1C2CNC[C@@H]21)c1c2ccccc2cc2cncn12. The lowest BCUT2D eigenvalue weighted by atomic mass is 9.93. The summed E-state index contributed by atoms with van der Waals surface area (Å²) in [5.74, 6) is 1.41. The number of carbonyl (C=O) groups excluding carboxylic acids is 1. The summed E-state index contributed by atoms with van der Waals surface area (Å²) in [5.41, 5.74) is 1.64. The molecule has 0 bridgehead atoms. The fraction of sp³-hybridized carbons (Fsp3) is 0.400. The molecular weight excluding hydrogens is 312 g/mol. The number of aromatic nitrogens is 2. The number of nitrogens with one attached hydrogen (secondary N) is 2. The van der Waals surface area contributed by atoms with Gasteiger partial charge < -0.3 is 15.0 Å². The van der Waals surface area contributed by atoms with Crippen LogP contribution in [-0.2, 0) is 10.3 Å². The van der Waals surface area contributed by atoms with Crippen molar-refractivity contribution < 1.29 is 4.79 Å². The summed E-state index contributed by atoms with van der Waals surface area (Å²) in [6.45, 7) is 6.12. The highest BCUT2D eigenvalue weighted by Crippen LogP contribution is 2.49. The number of amides is 1. The van der Waals surface area contributed by atoms with E-state index in [1.54, 1.807) is 0 Å². The summed E-state index contributed by atoms with van der Waals surface area (Å²) in [7, 11) is 0. The molecule has 1 aromatic carbocycles. The Balaban J connectivity index is 1.58. The molecule has 3 aromatic rings. The van der Waals surface area contributed by atoms with Gasteiger partial charge in [0.2, 0.25) is 5.91 Å². The minimum atomic E-state index is -0.485. The van der Waals surface area contributed by atoms with Gasteiger partial charge in [-0.25, -0.2) is 4.98 Å². The van der Waals surface area contributed by atoms with Crippen LogP contribution in [0.4, 0.5) is 0 Å². The zero-order chi connectivity index (χ0) is 17.2. The Labute approximate surface area is 146 Å². The monoisotopic (exact) mass is 334 g/mol. The molecule has 3 heterocycles. The maximum absolute atomic E-state index is 12.9. The number of hydrogen-bond acceptors (Lipinski definition) is 3. The molecule has 2 aliphatic rings. The molecule has 5 heteroatoms. The van der Waals surface area contributed by atoms with Gasteiger partial charge in [-0.15, -0.1) is 0 Å². The van der Waals surface area contributed by atoms with Crippen molar-refractivity contribution in [2.75, 3.05) is 13.1 Å². The molecule has 25 heavy (non-hydrogen) atoms. The molecule has 1 aliphatic heterocycles. The van der Waals surface area contributed by atoms with Crippen LogP contribution in [0, 0.1) is 17.8 Å². The Morgan fingerprint density at radius 2 is 2.04 bits per heavy atom. The number of imidazole rings is 1. The van der Waals surface area contributed by atoms with Crippen molar-refractivity contribution in [2.24, 2.45) is 17.8 Å². The lowest BCUT2D eigenvalue weighted by Crippen LogP contribution is -2.44. The number of rotatable bonds is 3. The molecule has 128 valence electrons. The first-order valence-electron chi connectivity index (χ1n) is 8.93. The molecule has 2 N–H and O–H groups in total. The Morgan fingerprint density at radius 3 is 2.84 bits per heavy atom. The van der Waals surface area contributed by atoms with Crippen LogP contribution in [0.25, 0.3) is 16.3 Å². The van der Waals surface area contributed by atoms with Crippen molar-refractivity contribution >= 4 is 22.2 Å². The summed E-state index contributed by atoms with van der Waals surface area (Å²) >= 11 is 0. The van der Waals surface area contributed by atoms with Crippen molar-refractivity contribution in [2.45, 2.75) is 19.4 Å². The largest absolute Gasteiger partial charge is 0.345 e. The number of pyridine rings is 1. The highest BCUT2D eigenvalue weighted by atomic mass is 16.2. The van der Waals surface area contributed by atoms with Gasteiger partial charge in [-0.2, -0.15) is 0 Å². The van der Waals surface area contributed by atoms with E-state index in [4.69, 9.17) is 0 Å². The molecule has 1 saturated carbocycles. The number of benzene rings is 1. The van der Waals surface area contributed by atoms with E-state index < -0.39 is 5.54 Å². The van der Waals surface area contributed by atoms with E-state index in [1.807, 2.05) is 24.7 Å². The molecular formula is C20H22N4O. The molecule has 1 amide bonds. The fourth-order valence-corrected chi connectivity index (χ4v) is 4.62. The van der Waals surface area contributed by atoms with Gasteiger partial charge in [-0.1, -0.05) is 24.3 Å². The molecule has 2 aromatic heterocycles. The van der Waals surface area contributed by atoms with Crippen LogP contribution in [-0.4, -0.2) is 28.4 Å². The van der Waals surface area contributed by atoms with Crippen LogP contribution in [0.3, 0.4) is 0 Å². The van der Waals surface area contributed by atoms with E-state index in [1.165, 1.54) is 5.39 Å². The van der Waals surface area contributed by atoms with Crippen molar-refractivity contribution in [3.63, 3.8) is 0 Å². The van der Waals surface area contributed by atoms with Crippen LogP contribution in [0.15, 0.2) is 42.9 Å². The molecule has 0 spiro atoms. The minimum Gasteiger partial charge on any atom is -0.345 e. The summed E-state index contributed by atoms with van der Waals surface area (Å²) in [6, 6.07) is 10.5. The predicted molar refractivity (Wildman–Crippen MR) is 97.2 cm³/mol. The number of hydrogen-bond donors (Lipinski definition) is 2. The number of nitrogens with zero attached hydrogens (tertiary/aromatic N) is 2. The maximum Gasteiger partial charge on any atom is 0.224 e. The zero-order valence-electron chi connectivity index (χ0n) is 14.5. The third-order valence-corrected chi connectivity index (χ3v) is 5.85. The molecule has 2 fully saturated rings. The standard InChI is InChI=1S/C20H22N4O/c1-20(2,23-19(25)17-15-9-21-10-16(15)17)18-14-6-4-3-5-12(14)7-13-8-22-11-24(13)18/h3-8,11,15-17,21H,9-10H2,1-2H3,(H,23,25)/t15-,16?,17+/m0/s1. The Kier molecular flexibility index (Phi) is 3.01. The van der Waals surface area contributed by atoms with Gasteiger partial charge in [0.05, 0.1) is 29.3 Å². The first kappa shape index (κ1) is 14.9. The second-order valence-electron chi connectivity index (χ2n) is 7.89. The van der Waals surface area contributed by atoms with Crippen LogP contribution in [0.5, 0.6) is 0 Å². The fourth-order valence-electron chi connectivity index (χ4n) is 4.62. The van der Waals surface area contributed by atoms with E-state index in [-0.39, 0.29) is 11.8 Å². The summed E-state index contributed by atoms with van der Waals surface area (Å²) in [6.07, 6.45) is 3.70. The Morgan fingerprint density at radius 1 is 1.28 bits per heavy atom. The number of fused-ring (bicyclic) bond motifs is 3. The van der Waals surface area contributed by atoms with Crippen LogP contribution in [0.2, 0.25) is 0 Å². The first-order valence-corrected chi connectivity index (χ1v) is 8.93. The minimum absolute atomic E-state index is 0.175. The Hall–Kier alpha value is -2.40. The molecule has 1 unspecified atom stereocenters. The highest BCUT2D eigenvalue weighted by molar-refractivity contribution is 5.90. The van der Waals surface area contributed by atoms with Crippen LogP contribution < -0.4 is 10.6 Å². The average molecular weight is 334 g/mol. The van der Waals surface area contributed by atoms with E-state index in [0.29, 0.717) is 11.8 Å². The smallest absolute Gasteiger partial charge is 0.224 e. The topological polar surface area (TPSA) is 58.4 Å². The quantitative estimate of drug-likeness (QED) is 0.773. The molecule has 5 rings (SSSR count). The van der Waals surface area contributed by atoms with Crippen molar-refractivity contribution in [1.82, 2.24) is 20.0 Å². The second-order valence-corrected chi connectivity index (χ2v) is 7.89.